The van der Waals surface area contributed by atoms with Gasteiger partial charge in [-0.15, -0.1) is 0 Å². The molecule has 0 aliphatic rings. The summed E-state index contributed by atoms with van der Waals surface area (Å²) in [5.41, 5.74) is 2.40. The quantitative estimate of drug-likeness (QED) is 0.810. The second kappa shape index (κ2) is 6.94. The molecular formula is C17H27NO3. The number of aryl methyl sites for hydroxylation is 2. The first kappa shape index (κ1) is 17.5. The molecule has 0 aliphatic heterocycles. The Morgan fingerprint density at radius 1 is 1.29 bits per heavy atom. The number of hydrogen-bond acceptors (Lipinski definition) is 3. The highest BCUT2D eigenvalue weighted by Gasteiger charge is 2.28. The summed E-state index contributed by atoms with van der Waals surface area (Å²) in [5.74, 6) is -0.0619. The van der Waals surface area contributed by atoms with Gasteiger partial charge in [0.1, 0.15) is 12.4 Å². The van der Waals surface area contributed by atoms with Gasteiger partial charge in [0, 0.05) is 12.6 Å². The van der Waals surface area contributed by atoms with E-state index in [0.29, 0.717) is 6.04 Å². The Labute approximate surface area is 127 Å². The van der Waals surface area contributed by atoms with Gasteiger partial charge in [0.05, 0.1) is 5.41 Å². The molecule has 0 atom stereocenters. The molecule has 0 aliphatic carbocycles. The molecule has 2 N–H and O–H groups in total. The summed E-state index contributed by atoms with van der Waals surface area (Å²) in [6, 6.07) is 4.62. The first-order valence-corrected chi connectivity index (χ1v) is 7.33. The molecule has 1 rings (SSSR count). The van der Waals surface area contributed by atoms with Crippen molar-refractivity contribution in [3.05, 3.63) is 28.8 Å². The summed E-state index contributed by atoms with van der Waals surface area (Å²) in [5, 5.41) is 12.5. The number of carboxylic acid groups (broad SMARTS) is 1. The van der Waals surface area contributed by atoms with Gasteiger partial charge in [0.15, 0.2) is 0 Å². The van der Waals surface area contributed by atoms with Crippen LogP contribution in [0.2, 0.25) is 0 Å². The Morgan fingerprint density at radius 2 is 1.81 bits per heavy atom. The standard InChI is InChI=1S/C17H27NO3/c1-11(2)18-9-14-7-12(3)15(13(4)8-14)21-10-17(5,6)16(19)20/h7-8,11,18H,9-10H2,1-6H3,(H,19,20). The monoisotopic (exact) mass is 293 g/mol. The molecule has 21 heavy (non-hydrogen) atoms. The minimum absolute atomic E-state index is 0.160. The van der Waals surface area contributed by atoms with Crippen molar-refractivity contribution in [2.24, 2.45) is 5.41 Å². The molecule has 0 fully saturated rings. The second-order valence-electron chi connectivity index (χ2n) is 6.57. The Kier molecular flexibility index (Phi) is 5.78. The molecule has 1 aromatic rings. The number of aliphatic carboxylic acids is 1. The highest BCUT2D eigenvalue weighted by molar-refractivity contribution is 5.73. The lowest BCUT2D eigenvalue weighted by Crippen LogP contribution is -2.31. The molecular weight excluding hydrogens is 266 g/mol. The van der Waals surface area contributed by atoms with Gasteiger partial charge in [-0.05, 0) is 44.4 Å². The zero-order valence-corrected chi connectivity index (χ0v) is 13.9. The fourth-order valence-electron chi connectivity index (χ4n) is 2.01. The molecule has 4 nitrogen and oxygen atoms in total. The van der Waals surface area contributed by atoms with Crippen LogP contribution in [0.3, 0.4) is 0 Å². The number of benzene rings is 1. The van der Waals surface area contributed by atoms with E-state index >= 15 is 0 Å². The van der Waals surface area contributed by atoms with E-state index in [0.717, 1.165) is 23.4 Å². The number of nitrogens with one attached hydrogen (secondary N) is 1. The van der Waals surface area contributed by atoms with Crippen LogP contribution in [-0.2, 0) is 11.3 Å². The molecule has 1 aromatic carbocycles. The van der Waals surface area contributed by atoms with Gasteiger partial charge in [0.2, 0.25) is 0 Å². The third kappa shape index (κ3) is 5.05. The third-order valence-electron chi connectivity index (χ3n) is 3.39. The van der Waals surface area contributed by atoms with Crippen molar-refractivity contribution < 1.29 is 14.6 Å². The largest absolute Gasteiger partial charge is 0.492 e. The maximum absolute atomic E-state index is 11.1. The maximum Gasteiger partial charge on any atom is 0.312 e. The summed E-state index contributed by atoms with van der Waals surface area (Å²) >= 11 is 0. The number of carboxylic acids is 1. The van der Waals surface area contributed by atoms with Crippen molar-refractivity contribution in [2.45, 2.75) is 54.1 Å². The number of rotatable bonds is 7. The lowest BCUT2D eigenvalue weighted by atomic mass is 9.95. The van der Waals surface area contributed by atoms with E-state index in [1.807, 2.05) is 13.8 Å². The first-order valence-electron chi connectivity index (χ1n) is 7.33. The predicted octanol–water partition coefficient (Wildman–Crippen LogP) is 3.29. The van der Waals surface area contributed by atoms with Crippen LogP contribution < -0.4 is 10.1 Å². The van der Waals surface area contributed by atoms with Gasteiger partial charge >= 0.3 is 5.97 Å². The highest BCUT2D eigenvalue weighted by atomic mass is 16.5. The van der Waals surface area contributed by atoms with Gasteiger partial charge < -0.3 is 15.2 Å². The Bertz CT molecular complexity index is 484. The SMILES string of the molecule is Cc1cc(CNC(C)C)cc(C)c1OCC(C)(C)C(=O)O. The molecule has 0 saturated heterocycles. The molecule has 0 spiro atoms. The van der Waals surface area contributed by atoms with Crippen LogP contribution in [-0.4, -0.2) is 23.7 Å². The second-order valence-corrected chi connectivity index (χ2v) is 6.57. The summed E-state index contributed by atoms with van der Waals surface area (Å²) in [7, 11) is 0. The van der Waals surface area contributed by atoms with Crippen molar-refractivity contribution >= 4 is 5.97 Å². The van der Waals surface area contributed by atoms with Crippen molar-refractivity contribution in [3.63, 3.8) is 0 Å². The zero-order chi connectivity index (χ0) is 16.2. The van der Waals surface area contributed by atoms with E-state index in [9.17, 15) is 4.79 Å². The van der Waals surface area contributed by atoms with Gasteiger partial charge in [-0.1, -0.05) is 26.0 Å². The molecule has 0 unspecified atom stereocenters. The lowest BCUT2D eigenvalue weighted by molar-refractivity contribution is -0.148. The molecule has 0 saturated carbocycles. The summed E-state index contributed by atoms with van der Waals surface area (Å²) in [6.45, 7) is 12.5. The third-order valence-corrected chi connectivity index (χ3v) is 3.39. The summed E-state index contributed by atoms with van der Waals surface area (Å²) in [6.07, 6.45) is 0. The normalized spacial score (nSPS) is 11.8. The van der Waals surface area contributed by atoms with Gasteiger partial charge in [-0.3, -0.25) is 4.79 Å². The maximum atomic E-state index is 11.1. The molecule has 0 radical (unpaired) electrons. The van der Waals surface area contributed by atoms with Crippen LogP contribution in [0, 0.1) is 19.3 Å². The fourth-order valence-corrected chi connectivity index (χ4v) is 2.01. The minimum atomic E-state index is -0.892. The van der Waals surface area contributed by atoms with Crippen molar-refractivity contribution in [1.29, 1.82) is 0 Å². The fraction of sp³-hybridized carbons (Fsp3) is 0.588. The number of ether oxygens (including phenoxy) is 1. The van der Waals surface area contributed by atoms with Crippen LogP contribution in [0.25, 0.3) is 0 Å². The number of hydrogen-bond donors (Lipinski definition) is 2. The van der Waals surface area contributed by atoms with E-state index in [2.05, 4.69) is 31.3 Å². The van der Waals surface area contributed by atoms with Crippen LogP contribution in [0.1, 0.15) is 44.4 Å². The Morgan fingerprint density at radius 3 is 2.24 bits per heavy atom. The number of carbonyl (C=O) groups is 1. The first-order chi connectivity index (χ1) is 9.63. The Hall–Kier alpha value is -1.55. The van der Waals surface area contributed by atoms with Crippen LogP contribution in [0.5, 0.6) is 5.75 Å². The van der Waals surface area contributed by atoms with Crippen molar-refractivity contribution in [2.75, 3.05) is 6.61 Å². The molecule has 0 amide bonds. The topological polar surface area (TPSA) is 58.6 Å². The summed E-state index contributed by atoms with van der Waals surface area (Å²) < 4.78 is 5.77. The molecule has 4 heteroatoms. The van der Waals surface area contributed by atoms with E-state index in [1.165, 1.54) is 5.56 Å². The van der Waals surface area contributed by atoms with Gasteiger partial charge in [0.25, 0.3) is 0 Å². The minimum Gasteiger partial charge on any atom is -0.492 e. The van der Waals surface area contributed by atoms with Crippen LogP contribution >= 0.6 is 0 Å². The van der Waals surface area contributed by atoms with Gasteiger partial charge in [-0.25, -0.2) is 0 Å². The molecule has 0 aromatic heterocycles. The van der Waals surface area contributed by atoms with Crippen LogP contribution in [0.15, 0.2) is 12.1 Å². The van der Waals surface area contributed by atoms with Crippen molar-refractivity contribution in [1.82, 2.24) is 5.32 Å². The van der Waals surface area contributed by atoms with Crippen LogP contribution in [0.4, 0.5) is 0 Å². The highest BCUT2D eigenvalue weighted by Crippen LogP contribution is 2.27. The van der Waals surface area contributed by atoms with E-state index < -0.39 is 11.4 Å². The molecule has 118 valence electrons. The van der Waals surface area contributed by atoms with E-state index in [1.54, 1.807) is 13.8 Å². The smallest absolute Gasteiger partial charge is 0.312 e. The lowest BCUT2D eigenvalue weighted by Gasteiger charge is -2.22. The summed E-state index contributed by atoms with van der Waals surface area (Å²) in [4.78, 5) is 11.1. The molecule has 0 heterocycles. The van der Waals surface area contributed by atoms with E-state index in [4.69, 9.17) is 9.84 Å². The zero-order valence-electron chi connectivity index (χ0n) is 13.9. The average Bonchev–Trinajstić information content (AvgIpc) is 2.35. The van der Waals surface area contributed by atoms with Gasteiger partial charge in [-0.2, -0.15) is 0 Å². The van der Waals surface area contributed by atoms with E-state index in [-0.39, 0.29) is 6.61 Å². The molecule has 0 bridgehead atoms. The Balaban J connectivity index is 2.83. The average molecular weight is 293 g/mol. The van der Waals surface area contributed by atoms with Crippen molar-refractivity contribution in [3.8, 4) is 5.75 Å². The predicted molar refractivity (Wildman–Crippen MR) is 84.8 cm³/mol.